The number of aromatic nitrogens is 2. The summed E-state index contributed by atoms with van der Waals surface area (Å²) in [4.78, 5) is 7.87. The van der Waals surface area contributed by atoms with Crippen LogP contribution in [-0.2, 0) is 0 Å². The topological polar surface area (TPSA) is 99.6 Å². The van der Waals surface area contributed by atoms with E-state index >= 15 is 0 Å². The van der Waals surface area contributed by atoms with Crippen LogP contribution in [0.25, 0.3) is 0 Å². The van der Waals surface area contributed by atoms with Crippen LogP contribution < -0.4 is 16.4 Å². The van der Waals surface area contributed by atoms with Gasteiger partial charge in [-0.1, -0.05) is 0 Å². The van der Waals surface area contributed by atoms with Crippen LogP contribution in [0, 0.1) is 17.1 Å². The van der Waals surface area contributed by atoms with Crippen LogP contribution in [0.4, 0.5) is 27.7 Å². The zero-order valence-corrected chi connectivity index (χ0v) is 10.1. The van der Waals surface area contributed by atoms with Gasteiger partial charge < -0.3 is 16.4 Å². The number of nitrogens with two attached hydrogens (primary N) is 1. The number of nitriles is 1. The number of anilines is 4. The average molecular weight is 258 g/mol. The Labute approximate surface area is 109 Å². The number of nitrogens with one attached hydrogen (secondary N) is 2. The molecule has 1 aromatic heterocycles. The molecule has 19 heavy (non-hydrogen) atoms. The summed E-state index contributed by atoms with van der Waals surface area (Å²) in [6.45, 7) is 0. The van der Waals surface area contributed by atoms with Crippen molar-refractivity contribution in [1.29, 1.82) is 5.26 Å². The highest BCUT2D eigenvalue weighted by Crippen LogP contribution is 2.21. The Hall–Kier alpha value is -2.88. The summed E-state index contributed by atoms with van der Waals surface area (Å²) in [5.74, 6) is 0.412. The summed E-state index contributed by atoms with van der Waals surface area (Å²) in [5, 5.41) is 14.3. The van der Waals surface area contributed by atoms with E-state index in [0.29, 0.717) is 11.6 Å². The van der Waals surface area contributed by atoms with Gasteiger partial charge in [0.15, 0.2) is 0 Å². The molecule has 0 spiro atoms. The van der Waals surface area contributed by atoms with Crippen molar-refractivity contribution < 1.29 is 4.39 Å². The van der Waals surface area contributed by atoms with Gasteiger partial charge in [-0.05, 0) is 18.2 Å². The Morgan fingerprint density at radius 3 is 2.63 bits per heavy atom. The fraction of sp³-hybridized carbons (Fsp3) is 0.0833. The van der Waals surface area contributed by atoms with Crippen LogP contribution in [0.15, 0.2) is 24.3 Å². The van der Waals surface area contributed by atoms with Crippen molar-refractivity contribution in [3.05, 3.63) is 35.6 Å². The van der Waals surface area contributed by atoms with E-state index in [0.717, 1.165) is 6.07 Å². The maximum atomic E-state index is 13.7. The lowest BCUT2D eigenvalue weighted by Crippen LogP contribution is -2.04. The second-order valence-electron chi connectivity index (χ2n) is 3.68. The van der Waals surface area contributed by atoms with Gasteiger partial charge >= 0.3 is 0 Å². The van der Waals surface area contributed by atoms with E-state index in [-0.39, 0.29) is 17.2 Å². The molecular formula is C12H11FN6. The third-order valence-electron chi connectivity index (χ3n) is 2.36. The van der Waals surface area contributed by atoms with Gasteiger partial charge in [0.2, 0.25) is 5.95 Å². The fourth-order valence-corrected chi connectivity index (χ4v) is 1.48. The molecule has 0 bridgehead atoms. The van der Waals surface area contributed by atoms with Crippen molar-refractivity contribution in [3.8, 4) is 6.07 Å². The SMILES string of the molecule is CNc1cc(Nc2ccc(C#N)cc2F)nc(N)n1. The van der Waals surface area contributed by atoms with E-state index in [2.05, 4.69) is 20.6 Å². The minimum Gasteiger partial charge on any atom is -0.373 e. The van der Waals surface area contributed by atoms with E-state index in [1.54, 1.807) is 13.1 Å². The Kier molecular flexibility index (Phi) is 3.43. The number of nitrogens with zero attached hydrogens (tertiary/aromatic N) is 3. The van der Waals surface area contributed by atoms with Gasteiger partial charge in [0.25, 0.3) is 0 Å². The molecule has 2 aromatic rings. The van der Waals surface area contributed by atoms with Gasteiger partial charge in [0.05, 0.1) is 17.3 Å². The Morgan fingerprint density at radius 2 is 2.00 bits per heavy atom. The van der Waals surface area contributed by atoms with Crippen molar-refractivity contribution in [3.63, 3.8) is 0 Å². The van der Waals surface area contributed by atoms with Gasteiger partial charge in [0.1, 0.15) is 17.5 Å². The van der Waals surface area contributed by atoms with E-state index < -0.39 is 5.82 Å². The molecule has 7 heteroatoms. The van der Waals surface area contributed by atoms with E-state index in [1.165, 1.54) is 12.1 Å². The Balaban J connectivity index is 2.31. The van der Waals surface area contributed by atoms with Crippen LogP contribution in [0.2, 0.25) is 0 Å². The molecule has 0 aliphatic rings. The van der Waals surface area contributed by atoms with Gasteiger partial charge in [-0.2, -0.15) is 15.2 Å². The standard InChI is InChI=1S/C12H11FN6/c1-16-10-5-11(19-12(15)18-10)17-9-3-2-7(6-14)4-8(9)13/h2-5H,1H3,(H4,15,16,17,18,19). The number of nitrogen functional groups attached to an aromatic ring is 1. The highest BCUT2D eigenvalue weighted by atomic mass is 19.1. The zero-order chi connectivity index (χ0) is 13.8. The molecule has 0 radical (unpaired) electrons. The summed E-state index contributed by atoms with van der Waals surface area (Å²) in [7, 11) is 1.69. The van der Waals surface area contributed by atoms with E-state index in [9.17, 15) is 4.39 Å². The predicted octanol–water partition coefficient (Wildman–Crippen LogP) is 1.85. The Bertz CT molecular complexity index is 649. The molecule has 0 saturated carbocycles. The minimum absolute atomic E-state index is 0.0726. The average Bonchev–Trinajstić information content (AvgIpc) is 2.40. The molecule has 0 aliphatic heterocycles. The highest BCUT2D eigenvalue weighted by Gasteiger charge is 2.06. The molecule has 6 nitrogen and oxygen atoms in total. The predicted molar refractivity (Wildman–Crippen MR) is 70.4 cm³/mol. The normalized spacial score (nSPS) is 9.74. The summed E-state index contributed by atoms with van der Waals surface area (Å²) in [6.07, 6.45) is 0. The second-order valence-corrected chi connectivity index (χ2v) is 3.68. The number of hydrogen-bond acceptors (Lipinski definition) is 6. The van der Waals surface area contributed by atoms with E-state index in [4.69, 9.17) is 11.0 Å². The summed E-state index contributed by atoms with van der Waals surface area (Å²) >= 11 is 0. The highest BCUT2D eigenvalue weighted by molar-refractivity contribution is 5.61. The smallest absolute Gasteiger partial charge is 0.223 e. The molecule has 2 rings (SSSR count). The fourth-order valence-electron chi connectivity index (χ4n) is 1.48. The quantitative estimate of drug-likeness (QED) is 0.777. The van der Waals surface area contributed by atoms with Crippen LogP contribution in [-0.4, -0.2) is 17.0 Å². The largest absolute Gasteiger partial charge is 0.373 e. The van der Waals surface area contributed by atoms with Crippen LogP contribution in [0.3, 0.4) is 0 Å². The number of halogens is 1. The first-order valence-corrected chi connectivity index (χ1v) is 5.41. The van der Waals surface area contributed by atoms with Crippen LogP contribution >= 0.6 is 0 Å². The number of hydrogen-bond donors (Lipinski definition) is 3. The van der Waals surface area contributed by atoms with Crippen molar-refractivity contribution in [1.82, 2.24) is 9.97 Å². The molecule has 0 saturated heterocycles. The van der Waals surface area contributed by atoms with Crippen LogP contribution in [0.5, 0.6) is 0 Å². The number of benzene rings is 1. The lowest BCUT2D eigenvalue weighted by molar-refractivity contribution is 0.631. The maximum absolute atomic E-state index is 13.7. The molecule has 4 N–H and O–H groups in total. The molecule has 96 valence electrons. The van der Waals surface area contributed by atoms with Gasteiger partial charge in [-0.3, -0.25) is 0 Å². The summed E-state index contributed by atoms with van der Waals surface area (Å²) in [5.41, 5.74) is 5.99. The van der Waals surface area contributed by atoms with Gasteiger partial charge in [0, 0.05) is 13.1 Å². The first-order valence-electron chi connectivity index (χ1n) is 5.41. The van der Waals surface area contributed by atoms with Crippen molar-refractivity contribution in [2.24, 2.45) is 0 Å². The molecule has 1 heterocycles. The van der Waals surface area contributed by atoms with E-state index in [1.807, 2.05) is 6.07 Å². The van der Waals surface area contributed by atoms with Crippen molar-refractivity contribution >= 4 is 23.3 Å². The lowest BCUT2D eigenvalue weighted by atomic mass is 10.2. The molecule has 0 unspecified atom stereocenters. The van der Waals surface area contributed by atoms with Crippen molar-refractivity contribution in [2.75, 3.05) is 23.4 Å². The van der Waals surface area contributed by atoms with Crippen LogP contribution in [0.1, 0.15) is 5.56 Å². The molecule has 0 atom stereocenters. The molecule has 0 amide bonds. The molecule has 1 aromatic carbocycles. The van der Waals surface area contributed by atoms with Gasteiger partial charge in [-0.25, -0.2) is 4.39 Å². The third-order valence-corrected chi connectivity index (χ3v) is 2.36. The van der Waals surface area contributed by atoms with Crippen molar-refractivity contribution in [2.45, 2.75) is 0 Å². The van der Waals surface area contributed by atoms with Gasteiger partial charge in [-0.15, -0.1) is 0 Å². The summed E-state index contributed by atoms with van der Waals surface area (Å²) < 4.78 is 13.7. The second kappa shape index (κ2) is 5.18. The first-order chi connectivity index (χ1) is 9.12. The third kappa shape index (κ3) is 2.87. The lowest BCUT2D eigenvalue weighted by Gasteiger charge is -2.09. The molecule has 0 aliphatic carbocycles. The zero-order valence-electron chi connectivity index (χ0n) is 10.1. The minimum atomic E-state index is -0.540. The monoisotopic (exact) mass is 258 g/mol. The maximum Gasteiger partial charge on any atom is 0.223 e. The first kappa shape index (κ1) is 12.6. The summed E-state index contributed by atoms with van der Waals surface area (Å²) in [6, 6.07) is 7.57. The Morgan fingerprint density at radius 1 is 1.26 bits per heavy atom. The molecule has 0 fully saturated rings. The molecular weight excluding hydrogens is 247 g/mol. The number of rotatable bonds is 3.